The zero-order valence-electron chi connectivity index (χ0n) is 11.9. The molecule has 8 nitrogen and oxygen atoms in total. The number of hydrogen-bond acceptors (Lipinski definition) is 8. The number of hydrogen-bond donors (Lipinski definition) is 6. The van der Waals surface area contributed by atoms with Gasteiger partial charge >= 0.3 is 0 Å². The summed E-state index contributed by atoms with van der Waals surface area (Å²) < 4.78 is 7.03. The number of carbonyl (C=O) groups excluding carboxylic acids is 2. The third-order valence-corrected chi connectivity index (χ3v) is 2.92. The van der Waals surface area contributed by atoms with E-state index >= 15 is 0 Å². The van der Waals surface area contributed by atoms with Crippen molar-refractivity contribution in [2.75, 3.05) is 12.3 Å². The van der Waals surface area contributed by atoms with Crippen molar-refractivity contribution in [1.82, 2.24) is 0 Å². The van der Waals surface area contributed by atoms with Gasteiger partial charge in [0.25, 0.3) is 0 Å². The van der Waals surface area contributed by atoms with Crippen LogP contribution < -0.4 is 5.73 Å². The average Bonchev–Trinajstić information content (AvgIpc) is 2.57. The van der Waals surface area contributed by atoms with Crippen LogP contribution in [0.4, 0.5) is 5.69 Å². The molecule has 0 radical (unpaired) electrons. The number of ketones is 2. The minimum Gasteiger partial charge on any atom is -0.398 e. The molecule has 0 aliphatic heterocycles. The van der Waals surface area contributed by atoms with Gasteiger partial charge in [0.2, 0.25) is 11.6 Å². The molecule has 0 heterocycles. The SMILES string of the molecule is [2H]Nc1ccccc1C(=O)C(=O)[C@H](O)[C@@H](O)[C@H](O)[C@H](O)CO. The van der Waals surface area contributed by atoms with E-state index in [9.17, 15) is 24.9 Å². The third kappa shape index (κ3) is 3.84. The maximum atomic E-state index is 12.0. The Bertz CT molecular complexity index is 539. The summed E-state index contributed by atoms with van der Waals surface area (Å²) in [6, 6.07) is 5.56. The highest BCUT2D eigenvalue weighted by Gasteiger charge is 2.37. The van der Waals surface area contributed by atoms with Gasteiger partial charge < -0.3 is 31.3 Å². The lowest BCUT2D eigenvalue weighted by Crippen LogP contribution is -2.50. The summed E-state index contributed by atoms with van der Waals surface area (Å²) in [4.78, 5) is 23.9. The molecule has 1 aromatic rings. The van der Waals surface area contributed by atoms with Crippen molar-refractivity contribution in [2.24, 2.45) is 0 Å². The molecule has 0 fully saturated rings. The maximum Gasteiger partial charge on any atom is 0.234 e. The van der Waals surface area contributed by atoms with Gasteiger partial charge in [0, 0.05) is 11.3 Å². The molecule has 0 unspecified atom stereocenters. The molecule has 7 N–H and O–H groups in total. The highest BCUT2D eigenvalue weighted by Crippen LogP contribution is 2.14. The normalized spacial score (nSPS) is 17.3. The van der Waals surface area contributed by atoms with Crippen LogP contribution in [0, 0.1) is 0 Å². The number of rotatable bonds is 8. The summed E-state index contributed by atoms with van der Waals surface area (Å²) in [6.07, 6.45) is -8.24. The monoisotopic (exact) mass is 300 g/mol. The van der Waals surface area contributed by atoms with E-state index in [1.807, 2.05) is 5.73 Å². The second-order valence-electron chi connectivity index (χ2n) is 4.41. The quantitative estimate of drug-likeness (QED) is 0.174. The standard InChI is InChI=1S/C13H17NO7/c14-7-4-2-1-3-6(7)9(17)11(19)13(21)12(20)10(18)8(16)5-15/h1-4,8,10,12-13,15-16,18,20-21H,5,14H2/t8-,10-,12+,13+/m1/s1/i/hD. The van der Waals surface area contributed by atoms with Gasteiger partial charge in [-0.25, -0.2) is 0 Å². The smallest absolute Gasteiger partial charge is 0.234 e. The molecule has 0 aliphatic rings. The number of carbonyl (C=O) groups is 2. The number of aliphatic hydroxyl groups is 5. The zero-order valence-corrected chi connectivity index (χ0v) is 10.9. The largest absolute Gasteiger partial charge is 0.398 e. The summed E-state index contributed by atoms with van der Waals surface area (Å²) in [6.45, 7) is -0.904. The van der Waals surface area contributed by atoms with Crippen LogP contribution in [-0.4, -0.2) is 68.1 Å². The highest BCUT2D eigenvalue weighted by molar-refractivity contribution is 6.46. The molecule has 0 aromatic heterocycles. The van der Waals surface area contributed by atoms with Crippen molar-refractivity contribution >= 4 is 17.3 Å². The molecule has 1 rings (SSSR count). The average molecular weight is 300 g/mol. The molecule has 0 bridgehead atoms. The Hall–Kier alpha value is -1.84. The molecular weight excluding hydrogens is 282 g/mol. The van der Waals surface area contributed by atoms with Crippen LogP contribution in [0.2, 0.25) is 1.41 Å². The lowest BCUT2D eigenvalue weighted by molar-refractivity contribution is -0.142. The van der Waals surface area contributed by atoms with Gasteiger partial charge in [0.05, 0.1) is 6.61 Å². The summed E-state index contributed by atoms with van der Waals surface area (Å²) >= 11 is 0. The molecule has 0 spiro atoms. The van der Waals surface area contributed by atoms with Crippen molar-refractivity contribution in [3.8, 4) is 0 Å². The van der Waals surface area contributed by atoms with E-state index in [1.54, 1.807) is 0 Å². The molecule has 0 saturated heterocycles. The molecule has 116 valence electrons. The fourth-order valence-electron chi connectivity index (χ4n) is 1.63. The van der Waals surface area contributed by atoms with E-state index < -0.39 is 42.6 Å². The van der Waals surface area contributed by atoms with Gasteiger partial charge in [-0.2, -0.15) is 0 Å². The molecule has 21 heavy (non-hydrogen) atoms. The van der Waals surface area contributed by atoms with Crippen molar-refractivity contribution in [3.05, 3.63) is 29.8 Å². The van der Waals surface area contributed by atoms with Crippen LogP contribution in [0.15, 0.2) is 24.3 Å². The molecule has 4 atom stereocenters. The van der Waals surface area contributed by atoms with Crippen LogP contribution in [-0.2, 0) is 4.79 Å². The Kier molecular flexibility index (Phi) is 5.37. The Morgan fingerprint density at radius 3 is 2.33 bits per heavy atom. The number of Topliss-reactive ketones (excluding diaryl/α,β-unsaturated/α-hetero) is 2. The topological polar surface area (TPSA) is 161 Å². The number of nitrogen functional groups attached to an aromatic ring is 1. The molecular formula is C13H17NO7. The number of para-hydroxylation sites is 1. The van der Waals surface area contributed by atoms with Gasteiger partial charge in [-0.1, -0.05) is 12.1 Å². The minimum atomic E-state index is -2.29. The molecule has 0 amide bonds. The lowest BCUT2D eigenvalue weighted by atomic mass is 9.95. The van der Waals surface area contributed by atoms with E-state index in [-0.39, 0.29) is 11.3 Å². The van der Waals surface area contributed by atoms with Gasteiger partial charge in [0.1, 0.15) is 24.4 Å². The van der Waals surface area contributed by atoms with Crippen molar-refractivity contribution in [1.29, 1.82) is 0 Å². The van der Waals surface area contributed by atoms with Crippen molar-refractivity contribution < 1.29 is 36.5 Å². The summed E-state index contributed by atoms with van der Waals surface area (Å²) in [5.74, 6) is -2.59. The summed E-state index contributed by atoms with van der Waals surface area (Å²) in [5.41, 5.74) is 1.80. The van der Waals surface area contributed by atoms with Gasteiger partial charge in [-0.15, -0.1) is 0 Å². The van der Waals surface area contributed by atoms with Gasteiger partial charge in [-0.05, 0) is 12.1 Å². The van der Waals surface area contributed by atoms with Crippen LogP contribution in [0.5, 0.6) is 0 Å². The molecule has 8 heteroatoms. The fourth-order valence-corrected chi connectivity index (χ4v) is 1.63. The second kappa shape index (κ2) is 7.25. The Morgan fingerprint density at radius 2 is 1.76 bits per heavy atom. The molecule has 1 aromatic carbocycles. The van der Waals surface area contributed by atoms with Crippen LogP contribution >= 0.6 is 0 Å². The predicted molar refractivity (Wildman–Crippen MR) is 71.3 cm³/mol. The van der Waals surface area contributed by atoms with Crippen LogP contribution in [0.1, 0.15) is 10.4 Å². The lowest BCUT2D eigenvalue weighted by Gasteiger charge is -2.24. The highest BCUT2D eigenvalue weighted by atomic mass is 16.4. The second-order valence-corrected chi connectivity index (χ2v) is 4.41. The van der Waals surface area contributed by atoms with Crippen molar-refractivity contribution in [2.45, 2.75) is 24.4 Å². The first-order valence-corrected chi connectivity index (χ1v) is 6.03. The first kappa shape index (κ1) is 15.5. The summed E-state index contributed by atoms with van der Waals surface area (Å²) in [5, 5.41) is 46.5. The van der Waals surface area contributed by atoms with Gasteiger partial charge in [0.15, 0.2) is 1.41 Å². The molecule has 0 aliphatic carbocycles. The number of anilines is 1. The Labute approximate surface area is 121 Å². The summed E-state index contributed by atoms with van der Waals surface area (Å²) in [7, 11) is 0. The first-order chi connectivity index (χ1) is 10.3. The molecule has 0 saturated carbocycles. The van der Waals surface area contributed by atoms with Crippen LogP contribution in [0.25, 0.3) is 0 Å². The minimum absolute atomic E-state index is 0.0264. The van der Waals surface area contributed by atoms with E-state index in [1.165, 1.54) is 24.3 Å². The van der Waals surface area contributed by atoms with E-state index in [2.05, 4.69) is 0 Å². The Balaban J connectivity index is 2.92. The number of nitrogens with two attached hydrogens (primary N) is 1. The van der Waals surface area contributed by atoms with E-state index in [0.717, 1.165) is 0 Å². The maximum absolute atomic E-state index is 12.0. The number of aliphatic hydroxyl groups excluding tert-OH is 5. The van der Waals surface area contributed by atoms with Gasteiger partial charge in [-0.3, -0.25) is 9.59 Å². The zero-order chi connectivity index (χ0) is 16.9. The van der Waals surface area contributed by atoms with Crippen LogP contribution in [0.3, 0.4) is 0 Å². The first-order valence-electron chi connectivity index (χ1n) is 6.53. The van der Waals surface area contributed by atoms with E-state index in [0.29, 0.717) is 0 Å². The Morgan fingerprint density at radius 1 is 1.14 bits per heavy atom. The number of benzene rings is 1. The van der Waals surface area contributed by atoms with Crippen molar-refractivity contribution in [3.63, 3.8) is 0 Å². The van der Waals surface area contributed by atoms with E-state index in [4.69, 9.17) is 11.6 Å². The predicted octanol–water partition coefficient (Wildman–Crippen LogP) is -2.54. The fraction of sp³-hybridized carbons (Fsp3) is 0.385. The third-order valence-electron chi connectivity index (χ3n) is 2.92.